The van der Waals surface area contributed by atoms with Crippen LogP contribution in [-0.4, -0.2) is 84.8 Å². The molecule has 0 unspecified atom stereocenters. The highest BCUT2D eigenvalue weighted by Crippen LogP contribution is 2.21. The van der Waals surface area contributed by atoms with Gasteiger partial charge in [0.25, 0.3) is 5.91 Å². The summed E-state index contributed by atoms with van der Waals surface area (Å²) in [6.07, 6.45) is 2.97. The Bertz CT molecular complexity index is 824. The predicted octanol–water partition coefficient (Wildman–Crippen LogP) is -1.23. The van der Waals surface area contributed by atoms with Gasteiger partial charge in [-0.05, 0) is 24.3 Å². The van der Waals surface area contributed by atoms with Crippen LogP contribution in [-0.2, 0) is 14.4 Å². The van der Waals surface area contributed by atoms with Crippen LogP contribution in [0.25, 0.3) is 0 Å². The lowest BCUT2D eigenvalue weighted by atomic mass is 9.95. The largest absolute Gasteiger partial charge is 0.354 e. The van der Waals surface area contributed by atoms with Crippen molar-refractivity contribution in [2.24, 2.45) is 5.92 Å². The maximum atomic E-state index is 13.3. The molecule has 3 aliphatic rings. The van der Waals surface area contributed by atoms with Crippen LogP contribution in [0.2, 0.25) is 0 Å². The Morgan fingerprint density at radius 3 is 2.68 bits per heavy atom. The van der Waals surface area contributed by atoms with Gasteiger partial charge in [-0.15, -0.1) is 11.3 Å². The monoisotopic (exact) mass is 448 g/mol. The van der Waals surface area contributed by atoms with Crippen molar-refractivity contribution in [3.8, 4) is 0 Å². The number of piperidine rings is 2. The molecule has 4 amide bonds. The fourth-order valence-corrected chi connectivity index (χ4v) is 5.29. The van der Waals surface area contributed by atoms with Crippen LogP contribution >= 0.6 is 11.3 Å². The van der Waals surface area contributed by atoms with E-state index in [4.69, 9.17) is 0 Å². The molecule has 168 valence electrons. The van der Waals surface area contributed by atoms with E-state index in [9.17, 15) is 19.2 Å². The number of nitrogens with zero attached hydrogens (tertiary/aromatic N) is 2. The van der Waals surface area contributed by atoms with Crippen LogP contribution in [0.1, 0.15) is 35.4 Å². The molecule has 0 aromatic carbocycles. The first-order valence-corrected chi connectivity index (χ1v) is 12.0. The molecule has 2 atom stereocenters. The Hall–Kier alpha value is -2.46. The molecule has 3 aliphatic heterocycles. The minimum Gasteiger partial charge on any atom is -0.354 e. The maximum absolute atomic E-state index is 13.3. The average molecular weight is 449 g/mol. The van der Waals surface area contributed by atoms with E-state index >= 15 is 0 Å². The van der Waals surface area contributed by atoms with E-state index in [2.05, 4.69) is 16.0 Å². The molecule has 1 aromatic rings. The smallest absolute Gasteiger partial charge is 0.264 e. The first kappa shape index (κ1) is 21.8. The standard InChI is InChI=1S/C21H29N5O4S/c27-18-15(3-1-7-23-18)24-19(28)16-13-25(21(30)17-4-2-12-31-17)10-11-26(16)20(29)14-5-8-22-9-6-14/h2,4,12,14-16,22H,1,3,5-11,13H2,(H,23,27)(H,24,28)/p+1/t15-,16+/m0/s1. The van der Waals surface area contributed by atoms with Crippen LogP contribution in [0.4, 0.5) is 0 Å². The maximum Gasteiger partial charge on any atom is 0.264 e. The number of hydrogen-bond donors (Lipinski definition) is 3. The number of thiophene rings is 1. The molecular weight excluding hydrogens is 418 g/mol. The number of rotatable bonds is 4. The molecule has 0 bridgehead atoms. The van der Waals surface area contributed by atoms with Gasteiger partial charge >= 0.3 is 0 Å². The van der Waals surface area contributed by atoms with Gasteiger partial charge in [-0.1, -0.05) is 6.07 Å². The molecule has 10 heteroatoms. The summed E-state index contributed by atoms with van der Waals surface area (Å²) in [4.78, 5) is 55.4. The number of hydrogen-bond acceptors (Lipinski definition) is 5. The molecule has 4 rings (SSSR count). The zero-order chi connectivity index (χ0) is 21.8. The van der Waals surface area contributed by atoms with Crippen molar-refractivity contribution in [1.82, 2.24) is 20.4 Å². The van der Waals surface area contributed by atoms with Crippen molar-refractivity contribution in [1.29, 1.82) is 0 Å². The van der Waals surface area contributed by atoms with Crippen LogP contribution in [0.3, 0.4) is 0 Å². The van der Waals surface area contributed by atoms with Crippen molar-refractivity contribution in [2.45, 2.75) is 37.8 Å². The van der Waals surface area contributed by atoms with E-state index < -0.39 is 12.1 Å². The van der Waals surface area contributed by atoms with Gasteiger partial charge in [-0.25, -0.2) is 0 Å². The van der Waals surface area contributed by atoms with Gasteiger partial charge in [0.1, 0.15) is 12.1 Å². The molecule has 4 N–H and O–H groups in total. The van der Waals surface area contributed by atoms with E-state index in [1.54, 1.807) is 15.9 Å². The summed E-state index contributed by atoms with van der Waals surface area (Å²) in [6, 6.07) is 2.21. The number of nitrogens with two attached hydrogens (primary N) is 1. The van der Waals surface area contributed by atoms with Crippen LogP contribution in [0.15, 0.2) is 17.5 Å². The molecule has 0 radical (unpaired) electrons. The summed E-state index contributed by atoms with van der Waals surface area (Å²) in [6.45, 7) is 3.29. The number of amides is 4. The van der Waals surface area contributed by atoms with Gasteiger partial charge in [0, 0.05) is 38.4 Å². The number of quaternary nitrogens is 1. The lowest BCUT2D eigenvalue weighted by molar-refractivity contribution is -0.664. The Kier molecular flexibility index (Phi) is 6.86. The van der Waals surface area contributed by atoms with E-state index in [0.717, 1.165) is 32.4 Å². The highest BCUT2D eigenvalue weighted by molar-refractivity contribution is 7.12. The van der Waals surface area contributed by atoms with Gasteiger partial charge < -0.3 is 25.8 Å². The topological polar surface area (TPSA) is 115 Å². The summed E-state index contributed by atoms with van der Waals surface area (Å²) in [5, 5.41) is 9.65. The van der Waals surface area contributed by atoms with Gasteiger partial charge in [-0.2, -0.15) is 0 Å². The van der Waals surface area contributed by atoms with E-state index in [1.165, 1.54) is 11.3 Å². The van der Waals surface area contributed by atoms with Crippen LogP contribution in [0, 0.1) is 5.92 Å². The lowest BCUT2D eigenvalue weighted by Crippen LogP contribution is -2.86. The minimum atomic E-state index is -0.786. The Morgan fingerprint density at radius 1 is 1.16 bits per heavy atom. The molecule has 0 aliphatic carbocycles. The SMILES string of the molecule is O=C1NCCC[C@@H]1NC(=O)[C@H]1CN(C(=O)c2cccs2)CCN1C(=O)C1CC[NH2+]CC1. The second-order valence-electron chi connectivity index (χ2n) is 8.41. The zero-order valence-corrected chi connectivity index (χ0v) is 18.4. The molecule has 0 spiro atoms. The first-order chi connectivity index (χ1) is 15.0. The van der Waals surface area contributed by atoms with Gasteiger partial charge in [-0.3, -0.25) is 19.2 Å². The lowest BCUT2D eigenvalue weighted by Gasteiger charge is -2.42. The van der Waals surface area contributed by atoms with Crippen molar-refractivity contribution < 1.29 is 24.5 Å². The Morgan fingerprint density at radius 2 is 1.97 bits per heavy atom. The molecule has 3 fully saturated rings. The molecule has 4 heterocycles. The summed E-state index contributed by atoms with van der Waals surface area (Å²) in [5.41, 5.74) is 0. The third-order valence-corrected chi connectivity index (χ3v) is 7.23. The second kappa shape index (κ2) is 9.78. The van der Waals surface area contributed by atoms with E-state index in [-0.39, 0.29) is 36.1 Å². The number of carbonyl (C=O) groups excluding carboxylic acids is 4. The fourth-order valence-electron chi connectivity index (χ4n) is 4.60. The normalized spacial score (nSPS) is 25.1. The van der Waals surface area contributed by atoms with Crippen molar-refractivity contribution in [3.63, 3.8) is 0 Å². The number of carbonyl (C=O) groups is 4. The van der Waals surface area contributed by atoms with E-state index in [0.29, 0.717) is 30.9 Å². The summed E-state index contributed by atoms with van der Waals surface area (Å²) in [7, 11) is 0. The van der Waals surface area contributed by atoms with Crippen molar-refractivity contribution in [2.75, 3.05) is 39.3 Å². The molecule has 0 saturated carbocycles. The van der Waals surface area contributed by atoms with Crippen LogP contribution < -0.4 is 16.0 Å². The number of piperazine rings is 1. The fraction of sp³-hybridized carbons (Fsp3) is 0.619. The summed E-state index contributed by atoms with van der Waals surface area (Å²) in [5.74, 6) is -0.769. The van der Waals surface area contributed by atoms with E-state index in [1.807, 2.05) is 11.4 Å². The third-order valence-electron chi connectivity index (χ3n) is 6.37. The van der Waals surface area contributed by atoms with Crippen molar-refractivity contribution in [3.05, 3.63) is 22.4 Å². The highest BCUT2D eigenvalue weighted by atomic mass is 32.1. The molecule has 9 nitrogen and oxygen atoms in total. The van der Waals surface area contributed by atoms with Gasteiger partial charge in [0.15, 0.2) is 0 Å². The first-order valence-electron chi connectivity index (χ1n) is 11.1. The Balaban J connectivity index is 1.50. The molecule has 31 heavy (non-hydrogen) atoms. The zero-order valence-electron chi connectivity index (χ0n) is 17.5. The van der Waals surface area contributed by atoms with Crippen molar-refractivity contribution >= 4 is 35.0 Å². The van der Waals surface area contributed by atoms with Crippen LogP contribution in [0.5, 0.6) is 0 Å². The second-order valence-corrected chi connectivity index (χ2v) is 9.36. The molecule has 1 aromatic heterocycles. The van der Waals surface area contributed by atoms with Gasteiger partial charge in [0.2, 0.25) is 17.7 Å². The van der Waals surface area contributed by atoms with Gasteiger partial charge in [0.05, 0.1) is 24.5 Å². The molecular formula is C21H30N5O4S+. The molecule has 3 saturated heterocycles. The quantitative estimate of drug-likeness (QED) is 0.535. The Labute approximate surface area is 185 Å². The predicted molar refractivity (Wildman–Crippen MR) is 114 cm³/mol. The highest BCUT2D eigenvalue weighted by Gasteiger charge is 2.41. The minimum absolute atomic E-state index is 0.00966. The summed E-state index contributed by atoms with van der Waals surface area (Å²) < 4.78 is 0. The number of nitrogens with one attached hydrogen (secondary N) is 2. The third kappa shape index (κ3) is 4.90. The summed E-state index contributed by atoms with van der Waals surface area (Å²) >= 11 is 1.36. The average Bonchev–Trinajstić information content (AvgIpc) is 3.35.